The lowest BCUT2D eigenvalue weighted by atomic mass is 10.2. The van der Waals surface area contributed by atoms with E-state index in [1.165, 1.54) is 0 Å². The van der Waals surface area contributed by atoms with Crippen molar-refractivity contribution in [1.29, 1.82) is 0 Å². The van der Waals surface area contributed by atoms with Crippen LogP contribution in [0.4, 0.5) is 0 Å². The lowest BCUT2D eigenvalue weighted by Gasteiger charge is -1.88. The number of imidazole rings is 1. The molecule has 3 aromatic rings. The predicted octanol–water partition coefficient (Wildman–Crippen LogP) is 1.85. The molecule has 4 heteroatoms. The van der Waals surface area contributed by atoms with Gasteiger partial charge in [-0.2, -0.15) is 0 Å². The van der Waals surface area contributed by atoms with E-state index >= 15 is 0 Å². The molecule has 4 nitrogen and oxygen atoms in total. The highest BCUT2D eigenvalue weighted by Gasteiger charge is 2.03. The van der Waals surface area contributed by atoms with Crippen molar-refractivity contribution < 1.29 is 0 Å². The van der Waals surface area contributed by atoms with E-state index in [2.05, 4.69) is 15.0 Å². The highest BCUT2D eigenvalue weighted by molar-refractivity contribution is 5.84. The molecule has 0 amide bonds. The van der Waals surface area contributed by atoms with Gasteiger partial charge in [0.15, 0.2) is 0 Å². The van der Waals surface area contributed by atoms with Crippen LogP contribution in [0, 0.1) is 0 Å². The van der Waals surface area contributed by atoms with Gasteiger partial charge in [-0.25, -0.2) is 4.79 Å². The van der Waals surface area contributed by atoms with E-state index in [0.717, 1.165) is 22.3 Å². The van der Waals surface area contributed by atoms with Crippen LogP contribution in [0.3, 0.4) is 0 Å². The lowest BCUT2D eigenvalue weighted by Crippen LogP contribution is -1.99. The molecule has 0 bridgehead atoms. The molecule has 0 atom stereocenters. The first-order valence-electron chi connectivity index (χ1n) is 4.69. The number of aromatic nitrogens is 3. The van der Waals surface area contributed by atoms with E-state index in [0.29, 0.717) is 0 Å². The van der Waals surface area contributed by atoms with Crippen molar-refractivity contribution >= 4 is 10.9 Å². The Balaban J connectivity index is 2.24. The van der Waals surface area contributed by atoms with E-state index in [1.54, 1.807) is 6.20 Å². The number of benzene rings is 1. The second-order valence-corrected chi connectivity index (χ2v) is 3.43. The molecule has 74 valence electrons. The average molecular weight is 199 g/mol. The summed E-state index contributed by atoms with van der Waals surface area (Å²) in [5.74, 6) is 0. The van der Waals surface area contributed by atoms with Crippen molar-refractivity contribution in [1.82, 2.24) is 15.0 Å². The smallest absolute Gasteiger partial charge is 0.323 e. The number of hydrogen-bond donors (Lipinski definition) is 3. The maximum absolute atomic E-state index is 11.0. The van der Waals surface area contributed by atoms with Gasteiger partial charge in [-0.3, -0.25) is 0 Å². The van der Waals surface area contributed by atoms with E-state index in [4.69, 9.17) is 0 Å². The number of nitrogens with one attached hydrogen (secondary N) is 3. The monoisotopic (exact) mass is 199 g/mol. The topological polar surface area (TPSA) is 64.4 Å². The Hall–Kier alpha value is -2.23. The molecular formula is C11H9N3O. The molecule has 1 aromatic carbocycles. The summed E-state index contributed by atoms with van der Waals surface area (Å²) < 4.78 is 0. The molecule has 3 N–H and O–H groups in total. The SMILES string of the molecule is O=c1[nH]cc(-c2cc3ccccc3[nH]2)[nH]1. The zero-order valence-corrected chi connectivity index (χ0v) is 7.87. The normalized spacial score (nSPS) is 10.9. The molecule has 0 spiro atoms. The predicted molar refractivity (Wildman–Crippen MR) is 58.7 cm³/mol. The molecule has 2 heterocycles. The first-order valence-corrected chi connectivity index (χ1v) is 4.69. The minimum absolute atomic E-state index is 0.191. The summed E-state index contributed by atoms with van der Waals surface area (Å²) in [6, 6.07) is 10.0. The number of para-hydroxylation sites is 1. The van der Waals surface area contributed by atoms with E-state index in [-0.39, 0.29) is 5.69 Å². The number of hydrogen-bond acceptors (Lipinski definition) is 1. The zero-order valence-electron chi connectivity index (χ0n) is 7.87. The van der Waals surface area contributed by atoms with Gasteiger partial charge in [0.05, 0.1) is 11.4 Å². The molecular weight excluding hydrogens is 190 g/mol. The van der Waals surface area contributed by atoms with Crippen molar-refractivity contribution in [3.8, 4) is 11.4 Å². The van der Waals surface area contributed by atoms with Crippen LogP contribution in [0.5, 0.6) is 0 Å². The highest BCUT2D eigenvalue weighted by Crippen LogP contribution is 2.21. The van der Waals surface area contributed by atoms with Gasteiger partial charge in [-0.15, -0.1) is 0 Å². The minimum Gasteiger partial charge on any atom is -0.353 e. The van der Waals surface area contributed by atoms with Gasteiger partial charge in [0.25, 0.3) is 0 Å². The quantitative estimate of drug-likeness (QED) is 0.550. The first kappa shape index (κ1) is 8.11. The fraction of sp³-hybridized carbons (Fsp3) is 0. The van der Waals surface area contributed by atoms with Crippen molar-refractivity contribution in [2.75, 3.05) is 0 Å². The second kappa shape index (κ2) is 2.88. The summed E-state index contributed by atoms with van der Waals surface area (Å²) in [7, 11) is 0. The van der Waals surface area contributed by atoms with Crippen LogP contribution in [0.25, 0.3) is 22.3 Å². The van der Waals surface area contributed by atoms with Crippen LogP contribution >= 0.6 is 0 Å². The zero-order chi connectivity index (χ0) is 10.3. The Morgan fingerprint density at radius 3 is 2.60 bits per heavy atom. The highest BCUT2D eigenvalue weighted by atomic mass is 16.1. The van der Waals surface area contributed by atoms with Crippen LogP contribution in [0.2, 0.25) is 0 Å². The summed E-state index contributed by atoms with van der Waals surface area (Å²) in [4.78, 5) is 19.5. The van der Waals surface area contributed by atoms with Crippen molar-refractivity contribution in [3.63, 3.8) is 0 Å². The molecule has 0 aliphatic carbocycles. The molecule has 0 saturated heterocycles. The fourth-order valence-electron chi connectivity index (χ4n) is 1.70. The molecule has 0 unspecified atom stereocenters. The largest absolute Gasteiger partial charge is 0.353 e. The van der Waals surface area contributed by atoms with Gasteiger partial charge in [0.1, 0.15) is 0 Å². The second-order valence-electron chi connectivity index (χ2n) is 3.43. The number of rotatable bonds is 1. The Kier molecular flexibility index (Phi) is 1.56. The summed E-state index contributed by atoms with van der Waals surface area (Å²) in [5.41, 5.74) is 2.56. The van der Waals surface area contributed by atoms with Gasteiger partial charge in [0, 0.05) is 17.1 Å². The molecule has 0 saturated carbocycles. The van der Waals surface area contributed by atoms with Gasteiger partial charge in [-0.1, -0.05) is 18.2 Å². The molecule has 0 fully saturated rings. The number of H-pyrrole nitrogens is 3. The van der Waals surface area contributed by atoms with Gasteiger partial charge >= 0.3 is 5.69 Å². The third-order valence-corrected chi connectivity index (χ3v) is 2.42. The Bertz CT molecular complexity index is 626. The van der Waals surface area contributed by atoms with Crippen LogP contribution in [-0.4, -0.2) is 15.0 Å². The molecule has 3 rings (SSSR count). The molecule has 2 aromatic heterocycles. The van der Waals surface area contributed by atoms with Crippen molar-refractivity contribution in [3.05, 3.63) is 47.0 Å². The Morgan fingerprint density at radius 1 is 1.00 bits per heavy atom. The fourth-order valence-corrected chi connectivity index (χ4v) is 1.70. The van der Waals surface area contributed by atoms with Gasteiger partial charge in [0.2, 0.25) is 0 Å². The molecule has 15 heavy (non-hydrogen) atoms. The maximum atomic E-state index is 11.0. The van der Waals surface area contributed by atoms with Crippen molar-refractivity contribution in [2.24, 2.45) is 0 Å². The maximum Gasteiger partial charge on any atom is 0.323 e. The van der Waals surface area contributed by atoms with Crippen LogP contribution in [0.15, 0.2) is 41.3 Å². The average Bonchev–Trinajstić information content (AvgIpc) is 2.82. The molecule has 0 aliphatic heterocycles. The first-order chi connectivity index (χ1) is 7.33. The summed E-state index contributed by atoms with van der Waals surface area (Å²) in [5, 5.41) is 1.13. The van der Waals surface area contributed by atoms with E-state index < -0.39 is 0 Å². The van der Waals surface area contributed by atoms with Crippen LogP contribution < -0.4 is 5.69 Å². The third kappa shape index (κ3) is 1.27. The minimum atomic E-state index is -0.191. The number of aromatic amines is 3. The Morgan fingerprint density at radius 2 is 1.87 bits per heavy atom. The summed E-state index contributed by atoms with van der Waals surface area (Å²) in [6.45, 7) is 0. The van der Waals surface area contributed by atoms with E-state index in [1.807, 2.05) is 30.3 Å². The standard InChI is InChI=1S/C11H9N3O/c15-11-12-6-10(14-11)9-5-7-3-1-2-4-8(7)13-9/h1-6,13H,(H2,12,14,15). The Labute approximate surface area is 85.0 Å². The van der Waals surface area contributed by atoms with E-state index in [9.17, 15) is 4.79 Å². The number of fused-ring (bicyclic) bond motifs is 1. The van der Waals surface area contributed by atoms with Crippen LogP contribution in [-0.2, 0) is 0 Å². The van der Waals surface area contributed by atoms with Gasteiger partial charge in [-0.05, 0) is 12.1 Å². The van der Waals surface area contributed by atoms with Crippen LogP contribution in [0.1, 0.15) is 0 Å². The van der Waals surface area contributed by atoms with Gasteiger partial charge < -0.3 is 15.0 Å². The summed E-state index contributed by atoms with van der Waals surface area (Å²) >= 11 is 0. The third-order valence-electron chi connectivity index (χ3n) is 2.42. The lowest BCUT2D eigenvalue weighted by molar-refractivity contribution is 1.19. The molecule has 0 aliphatic rings. The summed E-state index contributed by atoms with van der Waals surface area (Å²) in [6.07, 6.45) is 1.66. The molecule has 0 radical (unpaired) electrons. The van der Waals surface area contributed by atoms with Crippen molar-refractivity contribution in [2.45, 2.75) is 0 Å².